The Morgan fingerprint density at radius 2 is 2.00 bits per heavy atom. The van der Waals surface area contributed by atoms with Crippen LogP contribution in [0, 0.1) is 0 Å². The second-order valence-electron chi connectivity index (χ2n) is 6.97. The predicted octanol–water partition coefficient (Wildman–Crippen LogP) is 5.73. The summed E-state index contributed by atoms with van der Waals surface area (Å²) in [7, 11) is 0. The van der Waals surface area contributed by atoms with Gasteiger partial charge in [0.2, 0.25) is 0 Å². The summed E-state index contributed by atoms with van der Waals surface area (Å²) >= 11 is 18.2. The van der Waals surface area contributed by atoms with Crippen LogP contribution in [0.1, 0.15) is 23.7 Å². The molecule has 0 fully saturated rings. The van der Waals surface area contributed by atoms with E-state index in [0.29, 0.717) is 16.5 Å². The summed E-state index contributed by atoms with van der Waals surface area (Å²) in [5.41, 5.74) is 4.41. The molecule has 1 aliphatic rings. The minimum atomic E-state index is 0.0445. The van der Waals surface area contributed by atoms with Crippen molar-refractivity contribution < 1.29 is 4.79 Å². The van der Waals surface area contributed by atoms with E-state index in [1.54, 1.807) is 6.07 Å². The molecule has 0 amide bonds. The molecule has 4 rings (SSSR count). The first-order chi connectivity index (χ1) is 13.6. The molecule has 28 heavy (non-hydrogen) atoms. The highest BCUT2D eigenvalue weighted by atomic mass is 35.5. The van der Waals surface area contributed by atoms with E-state index < -0.39 is 0 Å². The first-order valence-electron chi connectivity index (χ1n) is 9.23. The lowest BCUT2D eigenvalue weighted by Gasteiger charge is -2.35. The molecule has 0 radical (unpaired) electrons. The average molecular weight is 437 g/mol. The molecule has 0 aliphatic carbocycles. The lowest BCUT2D eigenvalue weighted by molar-refractivity contribution is -0.109. The smallest absolute Gasteiger partial charge is 0.121 e. The second kappa shape index (κ2) is 8.34. The number of nitrogens with zero attached hydrogens (tertiary/aromatic N) is 1. The summed E-state index contributed by atoms with van der Waals surface area (Å²) in [6.07, 6.45) is 2.38. The van der Waals surface area contributed by atoms with E-state index in [9.17, 15) is 4.79 Å². The van der Waals surface area contributed by atoms with Crippen molar-refractivity contribution in [2.75, 3.05) is 25.0 Å². The van der Waals surface area contributed by atoms with Gasteiger partial charge < -0.3 is 15.1 Å². The lowest BCUT2D eigenvalue weighted by atomic mass is 9.95. The van der Waals surface area contributed by atoms with E-state index in [-0.39, 0.29) is 6.04 Å². The molecular weight excluding hydrogens is 417 g/mol. The third-order valence-electron chi connectivity index (χ3n) is 5.29. The van der Waals surface area contributed by atoms with E-state index in [4.69, 9.17) is 34.8 Å². The molecule has 0 spiro atoms. The number of rotatable bonds is 6. The number of nitrogens with one attached hydrogen (secondary N) is 2. The third-order valence-corrected chi connectivity index (χ3v) is 6.27. The van der Waals surface area contributed by atoms with Crippen LogP contribution in [-0.4, -0.2) is 35.8 Å². The summed E-state index contributed by atoms with van der Waals surface area (Å²) in [6.45, 7) is 2.46. The van der Waals surface area contributed by atoms with Gasteiger partial charge in [0.1, 0.15) is 6.29 Å². The number of carbonyl (C=O) groups is 1. The van der Waals surface area contributed by atoms with E-state index in [2.05, 4.69) is 15.2 Å². The Morgan fingerprint density at radius 3 is 2.79 bits per heavy atom. The number of hydrogen-bond acceptors (Lipinski definition) is 3. The van der Waals surface area contributed by atoms with Gasteiger partial charge in [0.25, 0.3) is 0 Å². The number of hydrogen-bond donors (Lipinski definition) is 2. The summed E-state index contributed by atoms with van der Waals surface area (Å²) in [4.78, 5) is 17.2. The monoisotopic (exact) mass is 435 g/mol. The quantitative estimate of drug-likeness (QED) is 0.485. The van der Waals surface area contributed by atoms with Crippen LogP contribution in [0.25, 0.3) is 10.9 Å². The van der Waals surface area contributed by atoms with Gasteiger partial charge in [-0.15, -0.1) is 0 Å². The number of halogens is 3. The zero-order valence-electron chi connectivity index (χ0n) is 15.1. The standard InChI is InChI=1S/C21H20Cl3N3O/c22-13-1-4-19-16(11-13)15-5-8-27(20(6-10-28)21(15)26-19)9-7-25-14-2-3-17(23)18(24)12-14/h1-4,10-12,20,25-26H,5-9H2. The molecule has 146 valence electrons. The van der Waals surface area contributed by atoms with Crippen LogP contribution in [0.3, 0.4) is 0 Å². The van der Waals surface area contributed by atoms with Gasteiger partial charge in [0, 0.05) is 53.4 Å². The van der Waals surface area contributed by atoms with Gasteiger partial charge in [-0.1, -0.05) is 34.8 Å². The number of benzene rings is 2. The molecule has 4 nitrogen and oxygen atoms in total. The average Bonchev–Trinajstić information content (AvgIpc) is 3.04. The van der Waals surface area contributed by atoms with Crippen molar-refractivity contribution in [1.29, 1.82) is 0 Å². The molecule has 2 aromatic carbocycles. The van der Waals surface area contributed by atoms with Crippen molar-refractivity contribution in [1.82, 2.24) is 9.88 Å². The van der Waals surface area contributed by atoms with Crippen LogP contribution in [-0.2, 0) is 11.2 Å². The molecular formula is C21H20Cl3N3O. The zero-order chi connectivity index (χ0) is 19.7. The molecule has 2 N–H and O–H groups in total. The topological polar surface area (TPSA) is 48.1 Å². The van der Waals surface area contributed by atoms with Gasteiger partial charge in [-0.2, -0.15) is 0 Å². The highest BCUT2D eigenvalue weighted by Crippen LogP contribution is 2.36. The number of carbonyl (C=O) groups excluding carboxylic acids is 1. The minimum absolute atomic E-state index is 0.0445. The van der Waals surface area contributed by atoms with Crippen LogP contribution < -0.4 is 5.32 Å². The largest absolute Gasteiger partial charge is 0.384 e. The summed E-state index contributed by atoms with van der Waals surface area (Å²) < 4.78 is 0. The molecule has 0 saturated carbocycles. The zero-order valence-corrected chi connectivity index (χ0v) is 17.4. The van der Waals surface area contributed by atoms with E-state index >= 15 is 0 Å². The molecule has 1 aliphatic heterocycles. The van der Waals surface area contributed by atoms with Crippen molar-refractivity contribution in [3.05, 3.63) is 62.7 Å². The summed E-state index contributed by atoms with van der Waals surface area (Å²) in [5, 5.41) is 6.34. The maximum atomic E-state index is 11.4. The maximum absolute atomic E-state index is 11.4. The molecule has 7 heteroatoms. The number of fused-ring (bicyclic) bond motifs is 3. The normalized spacial score (nSPS) is 16.9. The second-order valence-corrected chi connectivity index (χ2v) is 8.22. The molecule has 1 unspecified atom stereocenters. The van der Waals surface area contributed by atoms with Crippen LogP contribution in [0.5, 0.6) is 0 Å². The van der Waals surface area contributed by atoms with Crippen molar-refractivity contribution >= 4 is 57.7 Å². The Hall–Kier alpha value is -1.72. The lowest BCUT2D eigenvalue weighted by Crippen LogP contribution is -2.38. The van der Waals surface area contributed by atoms with Crippen molar-refractivity contribution in [3.63, 3.8) is 0 Å². The van der Waals surface area contributed by atoms with Crippen molar-refractivity contribution in [2.24, 2.45) is 0 Å². The SMILES string of the molecule is O=CCC1c2[nH]c3ccc(Cl)cc3c2CCN1CCNc1ccc(Cl)c(Cl)c1. The molecule has 3 aromatic rings. The number of H-pyrrole nitrogens is 1. The Morgan fingerprint density at radius 1 is 1.14 bits per heavy atom. The maximum Gasteiger partial charge on any atom is 0.121 e. The summed E-state index contributed by atoms with van der Waals surface area (Å²) in [5.74, 6) is 0. The fourth-order valence-electron chi connectivity index (χ4n) is 3.96. The van der Waals surface area contributed by atoms with Gasteiger partial charge in [-0.25, -0.2) is 0 Å². The van der Waals surface area contributed by atoms with E-state index in [1.807, 2.05) is 30.3 Å². The Balaban J connectivity index is 1.51. The fraction of sp³-hybridized carbons (Fsp3) is 0.286. The van der Waals surface area contributed by atoms with Crippen molar-refractivity contribution in [2.45, 2.75) is 18.9 Å². The number of aromatic amines is 1. The van der Waals surface area contributed by atoms with E-state index in [1.165, 1.54) is 5.56 Å². The van der Waals surface area contributed by atoms with Crippen LogP contribution in [0.15, 0.2) is 36.4 Å². The molecule has 0 saturated heterocycles. The Labute approximate surface area is 178 Å². The summed E-state index contributed by atoms with van der Waals surface area (Å²) in [6, 6.07) is 11.5. The highest BCUT2D eigenvalue weighted by molar-refractivity contribution is 6.42. The van der Waals surface area contributed by atoms with Crippen LogP contribution in [0.4, 0.5) is 5.69 Å². The van der Waals surface area contributed by atoms with Gasteiger partial charge in [-0.05, 0) is 48.4 Å². The number of anilines is 1. The van der Waals surface area contributed by atoms with Crippen molar-refractivity contribution in [3.8, 4) is 0 Å². The van der Waals surface area contributed by atoms with Gasteiger partial charge >= 0.3 is 0 Å². The first-order valence-corrected chi connectivity index (χ1v) is 10.4. The Kier molecular flexibility index (Phi) is 5.83. The molecule has 1 aromatic heterocycles. The predicted molar refractivity (Wildman–Crippen MR) is 117 cm³/mol. The van der Waals surface area contributed by atoms with Gasteiger partial charge in [-0.3, -0.25) is 4.90 Å². The van der Waals surface area contributed by atoms with E-state index in [0.717, 1.165) is 59.6 Å². The molecule has 1 atom stereocenters. The molecule has 0 bridgehead atoms. The van der Waals surface area contributed by atoms with Gasteiger partial charge in [0.05, 0.1) is 16.1 Å². The van der Waals surface area contributed by atoms with Crippen LogP contribution >= 0.6 is 34.8 Å². The number of aldehydes is 1. The number of aromatic nitrogens is 1. The Bertz CT molecular complexity index is 1020. The first kappa shape index (κ1) is 19.6. The highest BCUT2D eigenvalue weighted by Gasteiger charge is 2.29. The van der Waals surface area contributed by atoms with Crippen LogP contribution in [0.2, 0.25) is 15.1 Å². The third kappa shape index (κ3) is 3.87. The fourth-order valence-corrected chi connectivity index (χ4v) is 4.43. The molecule has 2 heterocycles. The minimum Gasteiger partial charge on any atom is -0.384 e. The van der Waals surface area contributed by atoms with Gasteiger partial charge in [0.15, 0.2) is 0 Å².